The van der Waals surface area contributed by atoms with Crippen LogP contribution >= 0.6 is 43.2 Å². The first-order valence-corrected chi connectivity index (χ1v) is 9.79. The van der Waals surface area contributed by atoms with Crippen molar-refractivity contribution < 1.29 is 9.66 Å². The van der Waals surface area contributed by atoms with Gasteiger partial charge >= 0.3 is 5.69 Å². The number of ether oxygens (including phenoxy) is 1. The second-order valence-corrected chi connectivity index (χ2v) is 8.29. The summed E-state index contributed by atoms with van der Waals surface area (Å²) >= 11 is 7.76. The molecule has 0 spiro atoms. The molecule has 0 fully saturated rings. The number of nitro groups is 1. The van der Waals surface area contributed by atoms with Crippen LogP contribution < -0.4 is 14.8 Å². The van der Waals surface area contributed by atoms with Gasteiger partial charge in [0, 0.05) is 26.8 Å². The van der Waals surface area contributed by atoms with Crippen LogP contribution in [0.25, 0.3) is 22.2 Å². The summed E-state index contributed by atoms with van der Waals surface area (Å²) in [4.78, 5) is 32.8. The summed E-state index contributed by atoms with van der Waals surface area (Å²) < 4.78 is 8.29. The Labute approximate surface area is 171 Å². The SMILES string of the molecule is COc1c(/C=c2\sc3nc4cc(Br)cnc4n3c2=O)cc(Br)cc1[N+](=O)[O-]. The van der Waals surface area contributed by atoms with Crippen molar-refractivity contribution in [1.82, 2.24) is 14.4 Å². The lowest BCUT2D eigenvalue weighted by molar-refractivity contribution is -0.385. The van der Waals surface area contributed by atoms with Gasteiger partial charge in [-0.15, -0.1) is 0 Å². The fourth-order valence-corrected chi connectivity index (χ4v) is 4.47. The Hall–Kier alpha value is -2.37. The third-order valence-corrected chi connectivity index (χ3v) is 5.66. The van der Waals surface area contributed by atoms with Gasteiger partial charge < -0.3 is 4.74 Å². The van der Waals surface area contributed by atoms with Crippen molar-refractivity contribution in [3.05, 3.63) is 63.9 Å². The van der Waals surface area contributed by atoms with Crippen molar-refractivity contribution >= 4 is 71.1 Å². The van der Waals surface area contributed by atoms with Gasteiger partial charge in [-0.1, -0.05) is 27.3 Å². The van der Waals surface area contributed by atoms with Gasteiger partial charge in [0.05, 0.1) is 16.6 Å². The molecule has 0 unspecified atom stereocenters. The number of imidazole rings is 1. The van der Waals surface area contributed by atoms with Gasteiger partial charge in [-0.05, 0) is 34.1 Å². The monoisotopic (exact) mass is 510 g/mol. The fraction of sp³-hybridized carbons (Fsp3) is 0.0625. The van der Waals surface area contributed by atoms with Crippen LogP contribution in [0.1, 0.15) is 5.56 Å². The van der Waals surface area contributed by atoms with Crippen LogP contribution in [0.5, 0.6) is 5.75 Å². The Kier molecular flexibility index (Phi) is 4.44. The molecule has 27 heavy (non-hydrogen) atoms. The van der Waals surface area contributed by atoms with Crippen LogP contribution in [0.2, 0.25) is 0 Å². The van der Waals surface area contributed by atoms with Crippen LogP contribution in [0.15, 0.2) is 38.1 Å². The van der Waals surface area contributed by atoms with E-state index < -0.39 is 4.92 Å². The van der Waals surface area contributed by atoms with Crippen LogP contribution in [0.4, 0.5) is 5.69 Å². The van der Waals surface area contributed by atoms with Gasteiger partial charge in [0.15, 0.2) is 10.6 Å². The number of methoxy groups -OCH3 is 1. The lowest BCUT2D eigenvalue weighted by Gasteiger charge is -2.06. The number of aromatic nitrogens is 3. The number of halogens is 2. The molecular formula is C16H8Br2N4O4S. The van der Waals surface area contributed by atoms with Crippen LogP contribution in [-0.2, 0) is 0 Å². The molecule has 11 heteroatoms. The maximum Gasteiger partial charge on any atom is 0.312 e. The van der Waals surface area contributed by atoms with E-state index >= 15 is 0 Å². The quantitative estimate of drug-likeness (QED) is 0.309. The average Bonchev–Trinajstić information content (AvgIpc) is 3.10. The summed E-state index contributed by atoms with van der Waals surface area (Å²) in [7, 11) is 1.35. The first-order chi connectivity index (χ1) is 12.9. The Morgan fingerprint density at radius 1 is 1.30 bits per heavy atom. The van der Waals surface area contributed by atoms with Crippen molar-refractivity contribution in [1.29, 1.82) is 0 Å². The zero-order valence-corrected chi connectivity index (χ0v) is 17.5. The molecule has 1 aromatic carbocycles. The smallest absolute Gasteiger partial charge is 0.312 e. The second-order valence-electron chi connectivity index (χ2n) is 5.45. The minimum absolute atomic E-state index is 0.0838. The number of nitrogens with zero attached hydrogens (tertiary/aromatic N) is 4. The van der Waals surface area contributed by atoms with Crippen molar-refractivity contribution in [2.24, 2.45) is 0 Å². The lowest BCUT2D eigenvalue weighted by atomic mass is 10.1. The molecule has 0 atom stereocenters. The van der Waals surface area contributed by atoms with Gasteiger partial charge in [0.25, 0.3) is 5.56 Å². The number of benzene rings is 1. The van der Waals surface area contributed by atoms with E-state index in [1.165, 1.54) is 28.9 Å². The van der Waals surface area contributed by atoms with Crippen LogP contribution in [-0.4, -0.2) is 26.4 Å². The molecule has 0 radical (unpaired) electrons. The van der Waals surface area contributed by atoms with Crippen molar-refractivity contribution in [2.75, 3.05) is 7.11 Å². The highest BCUT2D eigenvalue weighted by Gasteiger charge is 2.20. The summed E-state index contributed by atoms with van der Waals surface area (Å²) in [5, 5.41) is 11.3. The van der Waals surface area contributed by atoms with E-state index in [2.05, 4.69) is 41.8 Å². The molecule has 3 aromatic heterocycles. The third kappa shape index (κ3) is 3.01. The normalized spacial score (nSPS) is 12.2. The number of hydrogen-bond donors (Lipinski definition) is 0. The molecule has 0 saturated carbocycles. The largest absolute Gasteiger partial charge is 0.490 e. The van der Waals surface area contributed by atoms with E-state index in [0.29, 0.717) is 30.7 Å². The number of nitro benzene ring substituents is 1. The molecule has 136 valence electrons. The van der Waals surface area contributed by atoms with Gasteiger partial charge in [0.2, 0.25) is 5.75 Å². The number of hydrogen-bond acceptors (Lipinski definition) is 7. The van der Waals surface area contributed by atoms with Crippen molar-refractivity contribution in [2.45, 2.75) is 0 Å². The maximum atomic E-state index is 12.9. The lowest BCUT2D eigenvalue weighted by Crippen LogP contribution is -2.23. The first-order valence-electron chi connectivity index (χ1n) is 7.39. The second kappa shape index (κ2) is 6.66. The van der Waals surface area contributed by atoms with Crippen molar-refractivity contribution in [3.63, 3.8) is 0 Å². The van der Waals surface area contributed by atoms with E-state index in [0.717, 1.165) is 4.47 Å². The Bertz CT molecular complexity index is 1350. The molecule has 8 nitrogen and oxygen atoms in total. The molecule has 0 aliphatic heterocycles. The number of pyridine rings is 1. The summed E-state index contributed by atoms with van der Waals surface area (Å²) in [6, 6.07) is 4.79. The Balaban J connectivity index is 2.01. The summed E-state index contributed by atoms with van der Waals surface area (Å²) in [5.74, 6) is 0.0838. The molecular weight excluding hydrogens is 504 g/mol. The molecule has 4 rings (SSSR count). The van der Waals surface area contributed by atoms with E-state index in [1.807, 2.05) is 0 Å². The summed E-state index contributed by atoms with van der Waals surface area (Å²) in [5.41, 5.74) is 0.998. The highest BCUT2D eigenvalue weighted by molar-refractivity contribution is 9.10. The maximum absolute atomic E-state index is 12.9. The predicted molar refractivity (Wildman–Crippen MR) is 108 cm³/mol. The third-order valence-electron chi connectivity index (χ3n) is 3.80. The van der Waals surface area contributed by atoms with E-state index in [4.69, 9.17) is 4.74 Å². The predicted octanol–water partition coefficient (Wildman–Crippen LogP) is 3.29. The van der Waals surface area contributed by atoms with Gasteiger partial charge in [-0.25, -0.2) is 14.4 Å². The topological polar surface area (TPSA) is 99.6 Å². The first kappa shape index (κ1) is 18.0. The molecule has 0 amide bonds. The molecule has 0 aliphatic rings. The molecule has 0 saturated heterocycles. The number of rotatable bonds is 3. The molecule has 0 bridgehead atoms. The minimum Gasteiger partial charge on any atom is -0.490 e. The molecule has 4 aromatic rings. The Morgan fingerprint density at radius 3 is 2.78 bits per heavy atom. The van der Waals surface area contributed by atoms with E-state index in [9.17, 15) is 14.9 Å². The van der Waals surface area contributed by atoms with E-state index in [-0.39, 0.29) is 17.0 Å². The van der Waals surface area contributed by atoms with Gasteiger partial charge in [-0.3, -0.25) is 14.9 Å². The molecule has 0 aliphatic carbocycles. The Morgan fingerprint density at radius 2 is 2.07 bits per heavy atom. The van der Waals surface area contributed by atoms with Crippen LogP contribution in [0, 0.1) is 10.1 Å². The molecule has 3 heterocycles. The number of thiazole rings is 1. The summed E-state index contributed by atoms with van der Waals surface area (Å²) in [6.45, 7) is 0. The highest BCUT2D eigenvalue weighted by Crippen LogP contribution is 2.34. The molecule has 0 N–H and O–H groups in total. The average molecular weight is 512 g/mol. The van der Waals surface area contributed by atoms with Crippen LogP contribution in [0.3, 0.4) is 0 Å². The number of fused-ring (bicyclic) bond motifs is 3. The minimum atomic E-state index is -0.532. The van der Waals surface area contributed by atoms with E-state index in [1.54, 1.807) is 24.4 Å². The van der Waals surface area contributed by atoms with Crippen molar-refractivity contribution in [3.8, 4) is 5.75 Å². The fourth-order valence-electron chi connectivity index (χ4n) is 2.72. The highest BCUT2D eigenvalue weighted by atomic mass is 79.9. The zero-order chi connectivity index (χ0) is 19.3. The van der Waals surface area contributed by atoms with Gasteiger partial charge in [0.1, 0.15) is 5.52 Å². The van der Waals surface area contributed by atoms with Gasteiger partial charge in [-0.2, -0.15) is 0 Å². The standard InChI is InChI=1S/C16H8Br2N4O4S/c1-26-13-7(2-8(17)5-11(13)22(24)25)3-12-15(23)21-14-10(20-16(21)27-12)4-9(18)6-19-14/h2-6H,1H3/b12-3-. The zero-order valence-electron chi connectivity index (χ0n) is 13.5. The summed E-state index contributed by atoms with van der Waals surface area (Å²) in [6.07, 6.45) is 3.15.